The molecule has 0 aliphatic carbocycles. The summed E-state index contributed by atoms with van der Waals surface area (Å²) < 4.78 is 7.79. The van der Waals surface area contributed by atoms with E-state index in [-0.39, 0.29) is 23.4 Å². The summed E-state index contributed by atoms with van der Waals surface area (Å²) in [7, 11) is 1.47. The Kier molecular flexibility index (Phi) is 3.85. The zero-order chi connectivity index (χ0) is 18.3. The van der Waals surface area contributed by atoms with Gasteiger partial charge in [-0.15, -0.1) is 11.3 Å². The molecule has 0 unspecified atom stereocenters. The summed E-state index contributed by atoms with van der Waals surface area (Å²) in [6, 6.07) is 8.02. The lowest BCUT2D eigenvalue weighted by Crippen LogP contribution is -2.24. The van der Waals surface area contributed by atoms with Crippen LogP contribution in [-0.2, 0) is 18.4 Å². The van der Waals surface area contributed by atoms with E-state index in [2.05, 4.69) is 10.1 Å². The molecule has 0 saturated heterocycles. The monoisotopic (exact) mass is 368 g/mol. The molecule has 0 N–H and O–H groups in total. The van der Waals surface area contributed by atoms with Crippen molar-refractivity contribution in [2.45, 2.75) is 6.61 Å². The Balaban J connectivity index is 1.66. The van der Waals surface area contributed by atoms with E-state index in [0.717, 1.165) is 4.68 Å². The molecule has 8 nitrogen and oxygen atoms in total. The highest BCUT2D eigenvalue weighted by molar-refractivity contribution is 7.15. The molecule has 0 amide bonds. The Morgan fingerprint density at radius 2 is 2.00 bits per heavy atom. The molecule has 0 atom stereocenters. The van der Waals surface area contributed by atoms with Crippen LogP contribution in [0.3, 0.4) is 0 Å². The van der Waals surface area contributed by atoms with Gasteiger partial charge in [0, 0.05) is 30.1 Å². The van der Waals surface area contributed by atoms with E-state index in [1.54, 1.807) is 35.8 Å². The number of aryl methyl sites for hydroxylation is 1. The predicted octanol–water partition coefficient (Wildman–Crippen LogP) is 1.36. The van der Waals surface area contributed by atoms with Gasteiger partial charge in [0.05, 0.1) is 11.1 Å². The topological polar surface area (TPSA) is 95.6 Å². The summed E-state index contributed by atoms with van der Waals surface area (Å²) in [6.45, 7) is -0.165. The van der Waals surface area contributed by atoms with Gasteiger partial charge in [-0.1, -0.05) is 18.2 Å². The molecule has 0 bridgehead atoms. The van der Waals surface area contributed by atoms with Gasteiger partial charge in [-0.05, 0) is 6.07 Å². The molecule has 0 aliphatic rings. The summed E-state index contributed by atoms with van der Waals surface area (Å²) in [5.74, 6) is -0.690. The van der Waals surface area contributed by atoms with E-state index in [0.29, 0.717) is 21.4 Å². The number of benzene rings is 1. The standard InChI is InChI=1S/C17H12N4O4S/c1-20-15(23)12-5-3-2-4-11(12)14(19-20)16(24)25-9-10-8-13(22)21-6-7-26-17(21)18-10/h2-8H,9H2,1H3. The first-order valence-corrected chi connectivity index (χ1v) is 8.51. The van der Waals surface area contributed by atoms with Gasteiger partial charge >= 0.3 is 5.97 Å². The number of hydrogen-bond acceptors (Lipinski definition) is 7. The van der Waals surface area contributed by atoms with Crippen molar-refractivity contribution >= 4 is 33.0 Å². The lowest BCUT2D eigenvalue weighted by Gasteiger charge is -2.08. The van der Waals surface area contributed by atoms with E-state index in [4.69, 9.17) is 4.74 Å². The van der Waals surface area contributed by atoms with E-state index in [1.807, 2.05) is 0 Å². The second kappa shape index (κ2) is 6.19. The Morgan fingerprint density at radius 3 is 2.81 bits per heavy atom. The van der Waals surface area contributed by atoms with Gasteiger partial charge in [0.25, 0.3) is 11.1 Å². The van der Waals surface area contributed by atoms with Crippen molar-refractivity contribution in [1.29, 1.82) is 0 Å². The van der Waals surface area contributed by atoms with E-state index >= 15 is 0 Å². The summed E-state index contributed by atoms with van der Waals surface area (Å²) >= 11 is 1.31. The van der Waals surface area contributed by atoms with Crippen LogP contribution in [-0.4, -0.2) is 25.1 Å². The summed E-state index contributed by atoms with van der Waals surface area (Å²) in [5, 5.41) is 6.57. The van der Waals surface area contributed by atoms with Crippen molar-refractivity contribution in [3.8, 4) is 0 Å². The maximum atomic E-state index is 12.5. The first-order valence-electron chi connectivity index (χ1n) is 7.63. The van der Waals surface area contributed by atoms with Crippen LogP contribution in [0.1, 0.15) is 16.2 Å². The fourth-order valence-electron chi connectivity index (χ4n) is 2.62. The minimum Gasteiger partial charge on any atom is -0.454 e. The fraction of sp³-hybridized carbons (Fsp3) is 0.118. The maximum absolute atomic E-state index is 12.5. The van der Waals surface area contributed by atoms with Crippen LogP contribution in [0.2, 0.25) is 0 Å². The predicted molar refractivity (Wildman–Crippen MR) is 95.4 cm³/mol. The van der Waals surface area contributed by atoms with Crippen molar-refractivity contribution in [3.63, 3.8) is 0 Å². The molecular formula is C17H12N4O4S. The Labute approximate surface area is 149 Å². The Hall–Kier alpha value is -3.33. The van der Waals surface area contributed by atoms with Crippen LogP contribution in [0.5, 0.6) is 0 Å². The van der Waals surface area contributed by atoms with Crippen LogP contribution in [0.15, 0.2) is 51.5 Å². The molecular weight excluding hydrogens is 356 g/mol. The second-order valence-electron chi connectivity index (χ2n) is 5.54. The molecule has 4 aromatic rings. The van der Waals surface area contributed by atoms with Gasteiger partial charge in [-0.2, -0.15) is 5.10 Å². The van der Waals surface area contributed by atoms with E-state index < -0.39 is 5.97 Å². The third-order valence-electron chi connectivity index (χ3n) is 3.86. The maximum Gasteiger partial charge on any atom is 0.359 e. The van der Waals surface area contributed by atoms with Crippen molar-refractivity contribution < 1.29 is 9.53 Å². The van der Waals surface area contributed by atoms with Gasteiger partial charge in [-0.25, -0.2) is 14.5 Å². The van der Waals surface area contributed by atoms with Crippen molar-refractivity contribution in [2.75, 3.05) is 0 Å². The molecule has 0 spiro atoms. The van der Waals surface area contributed by atoms with Crippen molar-refractivity contribution in [1.82, 2.24) is 19.2 Å². The number of hydrogen-bond donors (Lipinski definition) is 0. The molecule has 0 saturated carbocycles. The largest absolute Gasteiger partial charge is 0.454 e. The smallest absolute Gasteiger partial charge is 0.359 e. The molecule has 1 aromatic carbocycles. The number of nitrogens with zero attached hydrogens (tertiary/aromatic N) is 4. The van der Waals surface area contributed by atoms with Crippen LogP contribution in [0, 0.1) is 0 Å². The van der Waals surface area contributed by atoms with Gasteiger partial charge in [-0.3, -0.25) is 14.0 Å². The fourth-order valence-corrected chi connectivity index (χ4v) is 3.36. The highest BCUT2D eigenvalue weighted by atomic mass is 32.1. The van der Waals surface area contributed by atoms with E-state index in [1.165, 1.54) is 28.9 Å². The van der Waals surface area contributed by atoms with Crippen LogP contribution >= 0.6 is 11.3 Å². The Bertz CT molecular complexity index is 1270. The molecule has 3 aromatic heterocycles. The van der Waals surface area contributed by atoms with Crippen LogP contribution in [0.25, 0.3) is 15.7 Å². The third kappa shape index (κ3) is 2.68. The minimum atomic E-state index is -0.690. The molecule has 130 valence electrons. The average molecular weight is 368 g/mol. The lowest BCUT2D eigenvalue weighted by molar-refractivity contribution is 0.0460. The number of carbonyl (C=O) groups excluding carboxylic acids is 1. The zero-order valence-electron chi connectivity index (χ0n) is 13.6. The van der Waals surface area contributed by atoms with Crippen LogP contribution in [0.4, 0.5) is 0 Å². The van der Waals surface area contributed by atoms with Crippen molar-refractivity contribution in [3.05, 3.63) is 74.0 Å². The zero-order valence-corrected chi connectivity index (χ0v) is 14.4. The number of rotatable bonds is 3. The highest BCUT2D eigenvalue weighted by Crippen LogP contribution is 2.15. The second-order valence-corrected chi connectivity index (χ2v) is 6.41. The van der Waals surface area contributed by atoms with Gasteiger partial charge in [0.15, 0.2) is 10.7 Å². The number of thiazole rings is 1. The summed E-state index contributed by atoms with van der Waals surface area (Å²) in [4.78, 5) is 41.4. The van der Waals surface area contributed by atoms with E-state index in [9.17, 15) is 14.4 Å². The van der Waals surface area contributed by atoms with Crippen LogP contribution < -0.4 is 11.1 Å². The van der Waals surface area contributed by atoms with Gasteiger partial charge in [0.1, 0.15) is 6.61 Å². The summed E-state index contributed by atoms with van der Waals surface area (Å²) in [6.07, 6.45) is 1.63. The molecule has 3 heterocycles. The first-order chi connectivity index (χ1) is 12.5. The first kappa shape index (κ1) is 16.2. The molecule has 4 rings (SSSR count). The number of fused-ring (bicyclic) bond motifs is 2. The number of aromatic nitrogens is 4. The average Bonchev–Trinajstić information content (AvgIpc) is 3.12. The third-order valence-corrected chi connectivity index (χ3v) is 4.61. The quantitative estimate of drug-likeness (QED) is 0.507. The highest BCUT2D eigenvalue weighted by Gasteiger charge is 2.17. The molecule has 0 aliphatic heterocycles. The van der Waals surface area contributed by atoms with Gasteiger partial charge < -0.3 is 4.74 Å². The molecule has 26 heavy (non-hydrogen) atoms. The lowest BCUT2D eigenvalue weighted by atomic mass is 10.1. The molecule has 0 fully saturated rings. The molecule has 0 radical (unpaired) electrons. The van der Waals surface area contributed by atoms with Gasteiger partial charge in [0.2, 0.25) is 0 Å². The number of esters is 1. The summed E-state index contributed by atoms with van der Waals surface area (Å²) in [5.41, 5.74) is -0.153. The number of ether oxygens (including phenoxy) is 1. The Morgan fingerprint density at radius 1 is 1.23 bits per heavy atom. The molecule has 9 heteroatoms. The van der Waals surface area contributed by atoms with Crippen molar-refractivity contribution in [2.24, 2.45) is 7.05 Å². The SMILES string of the molecule is Cn1nc(C(=O)OCc2cc(=O)n3ccsc3n2)c2ccccc2c1=O. The minimum absolute atomic E-state index is 0.0385. The normalized spacial score (nSPS) is 11.1. The number of carbonyl (C=O) groups is 1.